The third-order valence-corrected chi connectivity index (χ3v) is 4.24. The summed E-state index contributed by atoms with van der Waals surface area (Å²) in [7, 11) is 0. The van der Waals surface area contributed by atoms with Crippen LogP contribution in [0.25, 0.3) is 0 Å². The molecule has 2 aliphatic rings. The van der Waals surface area contributed by atoms with Gasteiger partial charge in [-0.25, -0.2) is 0 Å². The first-order chi connectivity index (χ1) is 9.08. The van der Waals surface area contributed by atoms with Crippen molar-refractivity contribution in [1.82, 2.24) is 14.7 Å². The van der Waals surface area contributed by atoms with Gasteiger partial charge in [0.25, 0.3) is 0 Å². The summed E-state index contributed by atoms with van der Waals surface area (Å²) in [5.41, 5.74) is 0. The number of hydrogen-bond acceptors (Lipinski definition) is 3. The average Bonchev–Trinajstić information content (AvgIpc) is 2.91. The third-order valence-electron chi connectivity index (χ3n) is 4.12. The number of likely N-dealkylation sites (tertiary alicyclic amines) is 1. The van der Waals surface area contributed by atoms with Gasteiger partial charge in [-0.05, 0) is 19.8 Å². The highest BCUT2D eigenvalue weighted by Crippen LogP contribution is 2.14. The maximum Gasteiger partial charge on any atom is 0.239 e. The van der Waals surface area contributed by atoms with Crippen LogP contribution in [0.15, 0.2) is 11.6 Å². The summed E-state index contributed by atoms with van der Waals surface area (Å²) in [6, 6.07) is 0.0134. The van der Waals surface area contributed by atoms with Crippen LogP contribution in [0.4, 0.5) is 0 Å². The molecule has 0 saturated carbocycles. The number of rotatable bonds is 4. The van der Waals surface area contributed by atoms with Crippen molar-refractivity contribution in [2.24, 2.45) is 0 Å². The van der Waals surface area contributed by atoms with Crippen LogP contribution in [-0.2, 0) is 4.79 Å². The zero-order chi connectivity index (χ0) is 13.8. The fourth-order valence-electron chi connectivity index (χ4n) is 2.91. The molecule has 0 aromatic carbocycles. The Bertz CT molecular complexity index is 334. The number of halogens is 1. The van der Waals surface area contributed by atoms with Crippen LogP contribution >= 0.6 is 11.6 Å². The van der Waals surface area contributed by atoms with Crippen molar-refractivity contribution in [3.63, 3.8) is 0 Å². The first-order valence-corrected chi connectivity index (χ1v) is 7.54. The van der Waals surface area contributed by atoms with E-state index in [1.807, 2.05) is 11.8 Å². The topological polar surface area (TPSA) is 26.8 Å². The molecule has 1 atom stereocenters. The van der Waals surface area contributed by atoms with Gasteiger partial charge < -0.3 is 4.90 Å². The van der Waals surface area contributed by atoms with E-state index in [0.29, 0.717) is 10.9 Å². The minimum Gasteiger partial charge on any atom is -0.341 e. The standard InChI is InChI=1S/C14H24ClN3O/c1-12(15)11-16-7-9-17(10-8-16)13(2)14(19)18-5-3-4-6-18/h13H,1,3-11H2,2H3/t13-/m0/s1. The molecule has 0 N–H and O–H groups in total. The van der Waals surface area contributed by atoms with Crippen molar-refractivity contribution in [3.05, 3.63) is 11.6 Å². The molecule has 0 bridgehead atoms. The smallest absolute Gasteiger partial charge is 0.239 e. The van der Waals surface area contributed by atoms with E-state index in [1.54, 1.807) is 0 Å². The zero-order valence-corrected chi connectivity index (χ0v) is 12.5. The maximum absolute atomic E-state index is 12.3. The van der Waals surface area contributed by atoms with Crippen LogP contribution in [0.5, 0.6) is 0 Å². The lowest BCUT2D eigenvalue weighted by atomic mass is 10.2. The van der Waals surface area contributed by atoms with Crippen LogP contribution in [0.3, 0.4) is 0 Å². The van der Waals surface area contributed by atoms with Gasteiger partial charge in [-0.15, -0.1) is 0 Å². The lowest BCUT2D eigenvalue weighted by Gasteiger charge is -2.38. The first-order valence-electron chi connectivity index (χ1n) is 7.16. The van der Waals surface area contributed by atoms with E-state index in [2.05, 4.69) is 16.4 Å². The zero-order valence-electron chi connectivity index (χ0n) is 11.8. The molecule has 2 saturated heterocycles. The number of nitrogens with zero attached hydrogens (tertiary/aromatic N) is 3. The molecule has 4 nitrogen and oxygen atoms in total. The average molecular weight is 286 g/mol. The summed E-state index contributed by atoms with van der Waals surface area (Å²) in [4.78, 5) is 18.9. The number of carbonyl (C=O) groups excluding carboxylic acids is 1. The van der Waals surface area contributed by atoms with Crippen LogP contribution < -0.4 is 0 Å². The van der Waals surface area contributed by atoms with Gasteiger partial charge in [-0.3, -0.25) is 14.6 Å². The number of piperazine rings is 1. The highest BCUT2D eigenvalue weighted by Gasteiger charge is 2.29. The van der Waals surface area contributed by atoms with Crippen molar-refractivity contribution in [2.75, 3.05) is 45.8 Å². The van der Waals surface area contributed by atoms with Crippen molar-refractivity contribution < 1.29 is 4.79 Å². The Morgan fingerprint density at radius 3 is 2.26 bits per heavy atom. The Kier molecular flexibility index (Phi) is 5.25. The summed E-state index contributed by atoms with van der Waals surface area (Å²) in [6.07, 6.45) is 2.31. The van der Waals surface area contributed by atoms with Gasteiger partial charge in [0, 0.05) is 50.8 Å². The van der Waals surface area contributed by atoms with E-state index in [-0.39, 0.29) is 6.04 Å². The van der Waals surface area contributed by atoms with Crippen LogP contribution in [0.1, 0.15) is 19.8 Å². The molecule has 2 fully saturated rings. The van der Waals surface area contributed by atoms with Crippen LogP contribution in [0.2, 0.25) is 0 Å². The summed E-state index contributed by atoms with van der Waals surface area (Å²) in [5.74, 6) is 0.299. The summed E-state index contributed by atoms with van der Waals surface area (Å²) < 4.78 is 0. The second kappa shape index (κ2) is 6.73. The molecule has 0 aliphatic carbocycles. The largest absolute Gasteiger partial charge is 0.341 e. The van der Waals surface area contributed by atoms with Crippen molar-refractivity contribution >= 4 is 17.5 Å². The van der Waals surface area contributed by atoms with Gasteiger partial charge in [0.05, 0.1) is 6.04 Å². The molecule has 19 heavy (non-hydrogen) atoms. The summed E-state index contributed by atoms with van der Waals surface area (Å²) >= 11 is 5.84. The van der Waals surface area contributed by atoms with E-state index in [1.165, 1.54) is 0 Å². The fourth-order valence-corrected chi connectivity index (χ4v) is 3.08. The minimum absolute atomic E-state index is 0.0134. The van der Waals surface area contributed by atoms with Gasteiger partial charge in [0.15, 0.2) is 0 Å². The second-order valence-corrected chi connectivity index (χ2v) is 6.07. The van der Waals surface area contributed by atoms with Crippen molar-refractivity contribution in [3.8, 4) is 0 Å². The molecular formula is C14H24ClN3O. The van der Waals surface area contributed by atoms with Crippen LogP contribution in [-0.4, -0.2) is 72.5 Å². The Balaban J connectivity index is 1.79. The molecule has 0 radical (unpaired) electrons. The molecule has 0 aromatic heterocycles. The number of hydrogen-bond donors (Lipinski definition) is 0. The van der Waals surface area contributed by atoms with E-state index < -0.39 is 0 Å². The molecule has 0 spiro atoms. The van der Waals surface area contributed by atoms with Crippen molar-refractivity contribution in [2.45, 2.75) is 25.8 Å². The molecule has 2 heterocycles. The highest BCUT2D eigenvalue weighted by molar-refractivity contribution is 6.29. The van der Waals surface area contributed by atoms with E-state index >= 15 is 0 Å². The van der Waals surface area contributed by atoms with Gasteiger partial charge in [-0.2, -0.15) is 0 Å². The highest BCUT2D eigenvalue weighted by atomic mass is 35.5. The molecular weight excluding hydrogens is 262 g/mol. The quantitative estimate of drug-likeness (QED) is 0.781. The molecule has 1 amide bonds. The molecule has 2 rings (SSSR count). The third kappa shape index (κ3) is 3.94. The van der Waals surface area contributed by atoms with Gasteiger partial charge in [-0.1, -0.05) is 18.2 Å². The lowest BCUT2D eigenvalue weighted by molar-refractivity contribution is -0.136. The van der Waals surface area contributed by atoms with Crippen LogP contribution in [0, 0.1) is 0 Å². The SMILES string of the molecule is C=C(Cl)CN1CCN([C@@H](C)C(=O)N2CCCC2)CC1. The molecule has 108 valence electrons. The summed E-state index contributed by atoms with van der Waals surface area (Å²) in [5, 5.41) is 0.689. The normalized spacial score (nSPS) is 23.6. The Labute approximate surface area is 121 Å². The molecule has 0 unspecified atom stereocenters. The molecule has 0 aromatic rings. The van der Waals surface area contributed by atoms with Crippen molar-refractivity contribution in [1.29, 1.82) is 0 Å². The Hall–Kier alpha value is -0.580. The lowest BCUT2D eigenvalue weighted by Crippen LogP contribution is -2.54. The van der Waals surface area contributed by atoms with Gasteiger partial charge >= 0.3 is 0 Å². The Morgan fingerprint density at radius 2 is 1.74 bits per heavy atom. The minimum atomic E-state index is 0.0134. The molecule has 2 aliphatic heterocycles. The first kappa shape index (κ1) is 14.8. The van der Waals surface area contributed by atoms with Gasteiger partial charge in [0.1, 0.15) is 0 Å². The predicted octanol–water partition coefficient (Wildman–Crippen LogP) is 1.37. The maximum atomic E-state index is 12.3. The monoisotopic (exact) mass is 285 g/mol. The number of carbonyl (C=O) groups is 1. The molecule has 5 heteroatoms. The second-order valence-electron chi connectivity index (χ2n) is 5.54. The van der Waals surface area contributed by atoms with E-state index in [0.717, 1.165) is 58.7 Å². The van der Waals surface area contributed by atoms with Gasteiger partial charge in [0.2, 0.25) is 5.91 Å². The van der Waals surface area contributed by atoms with E-state index in [4.69, 9.17) is 11.6 Å². The summed E-state index contributed by atoms with van der Waals surface area (Å²) in [6.45, 7) is 12.2. The van der Waals surface area contributed by atoms with E-state index in [9.17, 15) is 4.79 Å². The Morgan fingerprint density at radius 1 is 1.16 bits per heavy atom. The predicted molar refractivity (Wildman–Crippen MR) is 78.3 cm³/mol. The number of amides is 1. The fraction of sp³-hybridized carbons (Fsp3) is 0.786.